The standard InChI is InChI=1S/C21H26N6O3/c22-15-13-16(23)19(29-12-10-28)14-17(15)24-20-18-5-1-2-8-27(18)25-21(20)30-11-9-26-6-3-4-7-26/h1-2,5,8,13-14,22,28H,3-4,6-7,9-12,23H2. The third kappa shape index (κ3) is 4.37. The van der Waals surface area contributed by atoms with Gasteiger partial charge in [-0.15, -0.1) is 5.10 Å². The topological polar surface area (TPSA) is 121 Å². The summed E-state index contributed by atoms with van der Waals surface area (Å²) in [5.41, 5.74) is 8.16. The number of pyridine rings is 1. The second-order valence-electron chi connectivity index (χ2n) is 7.17. The van der Waals surface area contributed by atoms with E-state index in [4.69, 9.17) is 25.7 Å². The molecular formula is C21H26N6O3. The molecule has 0 atom stereocenters. The molecule has 0 bridgehead atoms. The van der Waals surface area contributed by atoms with E-state index in [2.05, 4.69) is 15.0 Å². The van der Waals surface area contributed by atoms with Crippen LogP contribution in [0.15, 0.2) is 53.0 Å². The molecule has 0 unspecified atom stereocenters. The third-order valence-corrected chi connectivity index (χ3v) is 5.04. The highest BCUT2D eigenvalue weighted by molar-refractivity contribution is 6.50. The Hall–Kier alpha value is -3.17. The molecule has 0 saturated carbocycles. The zero-order chi connectivity index (χ0) is 20.9. The molecule has 1 aliphatic heterocycles. The summed E-state index contributed by atoms with van der Waals surface area (Å²) in [6, 6.07) is 5.70. The number of hydrogen-bond donors (Lipinski definition) is 3. The van der Waals surface area contributed by atoms with Crippen molar-refractivity contribution < 1.29 is 14.6 Å². The number of fused-ring (bicyclic) bond motifs is 1. The molecule has 2 aliphatic rings. The highest BCUT2D eigenvalue weighted by Gasteiger charge is 2.20. The van der Waals surface area contributed by atoms with Crippen LogP contribution in [-0.2, 0) is 4.74 Å². The number of aliphatic hydroxyl groups is 1. The summed E-state index contributed by atoms with van der Waals surface area (Å²) in [4.78, 5) is 7.06. The van der Waals surface area contributed by atoms with Crippen molar-refractivity contribution in [2.45, 2.75) is 12.8 Å². The van der Waals surface area contributed by atoms with Crippen LogP contribution in [0, 0.1) is 5.41 Å². The molecule has 0 amide bonds. The molecular weight excluding hydrogens is 384 g/mol. The number of rotatable bonds is 8. The van der Waals surface area contributed by atoms with Crippen LogP contribution < -0.4 is 10.5 Å². The number of aromatic nitrogens is 2. The van der Waals surface area contributed by atoms with Crippen LogP contribution in [0.5, 0.6) is 5.88 Å². The molecule has 1 aliphatic carbocycles. The first-order chi connectivity index (χ1) is 14.7. The van der Waals surface area contributed by atoms with Crippen molar-refractivity contribution in [3.05, 3.63) is 48.0 Å². The number of ether oxygens (including phenoxy) is 2. The summed E-state index contributed by atoms with van der Waals surface area (Å²) in [5.74, 6) is 0.807. The molecule has 30 heavy (non-hydrogen) atoms. The number of allylic oxidation sites excluding steroid dienone is 2. The van der Waals surface area contributed by atoms with Gasteiger partial charge in [-0.25, -0.2) is 9.51 Å². The molecule has 3 heterocycles. The number of nitrogens with zero attached hydrogens (tertiary/aromatic N) is 4. The SMILES string of the molecule is N=C1C=C(N)C(OCCO)=CC1=Nc1c(OCCN2CCCC2)nn2ccccc12. The molecule has 0 aromatic carbocycles. The lowest BCUT2D eigenvalue weighted by Crippen LogP contribution is -2.25. The number of aliphatic imine (C=N–C) groups is 1. The molecule has 2 aromatic rings. The fraction of sp³-hybridized carbons (Fsp3) is 0.381. The number of aliphatic hydroxyl groups excluding tert-OH is 1. The van der Waals surface area contributed by atoms with E-state index in [0.29, 0.717) is 35.3 Å². The maximum atomic E-state index is 9.01. The van der Waals surface area contributed by atoms with Gasteiger partial charge in [-0.1, -0.05) is 6.07 Å². The van der Waals surface area contributed by atoms with Crippen LogP contribution in [0.1, 0.15) is 12.8 Å². The molecule has 0 spiro atoms. The summed E-state index contributed by atoms with van der Waals surface area (Å²) in [6.45, 7) is 3.57. The van der Waals surface area contributed by atoms with E-state index < -0.39 is 0 Å². The van der Waals surface area contributed by atoms with Crippen molar-refractivity contribution >= 4 is 22.6 Å². The average molecular weight is 410 g/mol. The lowest BCUT2D eigenvalue weighted by molar-refractivity contribution is 0.149. The van der Waals surface area contributed by atoms with E-state index in [0.717, 1.165) is 25.2 Å². The minimum atomic E-state index is -0.127. The van der Waals surface area contributed by atoms with E-state index in [1.165, 1.54) is 18.9 Å². The number of hydrogen-bond acceptors (Lipinski definition) is 8. The fourth-order valence-corrected chi connectivity index (χ4v) is 3.52. The van der Waals surface area contributed by atoms with Crippen molar-refractivity contribution in [1.29, 1.82) is 5.41 Å². The molecule has 4 N–H and O–H groups in total. The van der Waals surface area contributed by atoms with Crippen LogP contribution >= 0.6 is 0 Å². The van der Waals surface area contributed by atoms with E-state index in [1.54, 1.807) is 10.6 Å². The van der Waals surface area contributed by atoms with E-state index in [1.807, 2.05) is 24.4 Å². The quantitative estimate of drug-likeness (QED) is 0.569. The Kier molecular flexibility index (Phi) is 6.10. The molecule has 1 saturated heterocycles. The molecule has 4 rings (SSSR count). The minimum Gasteiger partial charge on any atom is -0.489 e. The summed E-state index contributed by atoms with van der Waals surface area (Å²) in [6.07, 6.45) is 7.40. The van der Waals surface area contributed by atoms with Crippen LogP contribution in [-0.4, -0.2) is 70.5 Å². The van der Waals surface area contributed by atoms with Gasteiger partial charge in [0.25, 0.3) is 5.88 Å². The maximum absolute atomic E-state index is 9.01. The zero-order valence-electron chi connectivity index (χ0n) is 16.8. The highest BCUT2D eigenvalue weighted by Crippen LogP contribution is 2.32. The molecule has 158 valence electrons. The van der Waals surface area contributed by atoms with Crippen LogP contribution in [0.2, 0.25) is 0 Å². The van der Waals surface area contributed by atoms with Gasteiger partial charge in [0, 0.05) is 18.8 Å². The third-order valence-electron chi connectivity index (χ3n) is 5.04. The van der Waals surface area contributed by atoms with Gasteiger partial charge in [-0.2, -0.15) is 0 Å². The maximum Gasteiger partial charge on any atom is 0.260 e. The number of nitrogens with one attached hydrogen (secondary N) is 1. The van der Waals surface area contributed by atoms with Crippen molar-refractivity contribution in [2.24, 2.45) is 10.7 Å². The summed E-state index contributed by atoms with van der Waals surface area (Å²) in [7, 11) is 0. The zero-order valence-corrected chi connectivity index (χ0v) is 16.8. The number of likely N-dealkylation sites (tertiary alicyclic amines) is 1. The van der Waals surface area contributed by atoms with Crippen molar-refractivity contribution in [3.63, 3.8) is 0 Å². The molecule has 0 radical (unpaired) electrons. The Morgan fingerprint density at radius 1 is 1.17 bits per heavy atom. The lowest BCUT2D eigenvalue weighted by atomic mass is 10.1. The highest BCUT2D eigenvalue weighted by atomic mass is 16.5. The Morgan fingerprint density at radius 3 is 2.80 bits per heavy atom. The van der Waals surface area contributed by atoms with Gasteiger partial charge in [0.15, 0.2) is 5.69 Å². The first kappa shape index (κ1) is 20.1. The van der Waals surface area contributed by atoms with Gasteiger partial charge >= 0.3 is 0 Å². The first-order valence-corrected chi connectivity index (χ1v) is 10.1. The molecule has 9 nitrogen and oxygen atoms in total. The van der Waals surface area contributed by atoms with Gasteiger partial charge in [0.05, 0.1) is 29.2 Å². The Labute approximate surface area is 174 Å². The fourth-order valence-electron chi connectivity index (χ4n) is 3.52. The second-order valence-corrected chi connectivity index (χ2v) is 7.17. The van der Waals surface area contributed by atoms with Gasteiger partial charge in [0.1, 0.15) is 19.0 Å². The molecule has 9 heteroatoms. The monoisotopic (exact) mass is 410 g/mol. The van der Waals surface area contributed by atoms with Gasteiger partial charge < -0.3 is 20.3 Å². The predicted molar refractivity (Wildman–Crippen MR) is 115 cm³/mol. The lowest BCUT2D eigenvalue weighted by Gasteiger charge is -2.15. The minimum absolute atomic E-state index is 0.114. The van der Waals surface area contributed by atoms with Gasteiger partial charge in [-0.3, -0.25) is 10.3 Å². The van der Waals surface area contributed by atoms with E-state index >= 15 is 0 Å². The van der Waals surface area contributed by atoms with Crippen LogP contribution in [0.25, 0.3) is 5.52 Å². The molecule has 2 aromatic heterocycles. The number of nitrogens with two attached hydrogens (primary N) is 1. The second kappa shape index (κ2) is 9.10. The predicted octanol–water partition coefficient (Wildman–Crippen LogP) is 1.65. The van der Waals surface area contributed by atoms with Crippen molar-refractivity contribution in [3.8, 4) is 5.88 Å². The summed E-state index contributed by atoms with van der Waals surface area (Å²) in [5, 5.41) is 21.8. The first-order valence-electron chi connectivity index (χ1n) is 10.1. The largest absolute Gasteiger partial charge is 0.489 e. The summed E-state index contributed by atoms with van der Waals surface area (Å²) >= 11 is 0. The normalized spacial score (nSPS) is 18.7. The van der Waals surface area contributed by atoms with Crippen molar-refractivity contribution in [1.82, 2.24) is 14.5 Å². The van der Waals surface area contributed by atoms with Crippen molar-refractivity contribution in [2.75, 3.05) is 39.5 Å². The smallest absolute Gasteiger partial charge is 0.260 e. The van der Waals surface area contributed by atoms with Gasteiger partial charge in [-0.05, 0) is 44.1 Å². The average Bonchev–Trinajstić information content (AvgIpc) is 3.37. The van der Waals surface area contributed by atoms with E-state index in [-0.39, 0.29) is 18.9 Å². The van der Waals surface area contributed by atoms with Crippen LogP contribution in [0.3, 0.4) is 0 Å². The Bertz CT molecular complexity index is 1020. The van der Waals surface area contributed by atoms with Gasteiger partial charge in [0.2, 0.25) is 0 Å². The Morgan fingerprint density at radius 2 is 2.00 bits per heavy atom. The van der Waals surface area contributed by atoms with E-state index in [9.17, 15) is 0 Å². The summed E-state index contributed by atoms with van der Waals surface area (Å²) < 4.78 is 13.2. The van der Waals surface area contributed by atoms with Crippen LogP contribution in [0.4, 0.5) is 5.69 Å². The molecule has 1 fully saturated rings. The Balaban J connectivity index is 1.63.